The third-order valence-electron chi connectivity index (χ3n) is 3.17. The zero-order valence-electron chi connectivity index (χ0n) is 11.9. The molecule has 106 valence electrons. The van der Waals surface area contributed by atoms with Crippen LogP contribution < -0.4 is 5.32 Å². The van der Waals surface area contributed by atoms with Crippen LogP contribution in [0.1, 0.15) is 28.1 Å². The van der Waals surface area contributed by atoms with Gasteiger partial charge in [-0.05, 0) is 38.3 Å². The summed E-state index contributed by atoms with van der Waals surface area (Å²) in [4.78, 5) is 16.1. The van der Waals surface area contributed by atoms with Crippen molar-refractivity contribution in [2.75, 3.05) is 5.32 Å². The van der Waals surface area contributed by atoms with E-state index in [-0.39, 0.29) is 6.42 Å². The lowest BCUT2D eigenvalue weighted by molar-refractivity contribution is -0.136. The van der Waals surface area contributed by atoms with Crippen LogP contribution in [-0.4, -0.2) is 16.1 Å². The molecule has 0 bridgehead atoms. The predicted molar refractivity (Wildman–Crippen MR) is 82.0 cm³/mol. The first-order valence-corrected chi connectivity index (χ1v) is 7.30. The minimum Gasteiger partial charge on any atom is -0.481 e. The van der Waals surface area contributed by atoms with Gasteiger partial charge >= 0.3 is 5.97 Å². The van der Waals surface area contributed by atoms with E-state index in [1.165, 1.54) is 22.5 Å². The van der Waals surface area contributed by atoms with Gasteiger partial charge in [0.15, 0.2) is 5.13 Å². The number of aromatic nitrogens is 1. The van der Waals surface area contributed by atoms with Crippen molar-refractivity contribution in [3.05, 3.63) is 39.9 Å². The highest BCUT2D eigenvalue weighted by atomic mass is 32.1. The van der Waals surface area contributed by atoms with Crippen molar-refractivity contribution in [1.29, 1.82) is 0 Å². The van der Waals surface area contributed by atoms with Crippen LogP contribution in [0.25, 0.3) is 0 Å². The highest BCUT2D eigenvalue weighted by molar-refractivity contribution is 7.15. The van der Waals surface area contributed by atoms with Crippen molar-refractivity contribution >= 4 is 28.1 Å². The minimum absolute atomic E-state index is 0.145. The van der Waals surface area contributed by atoms with Gasteiger partial charge in [-0.1, -0.05) is 18.2 Å². The molecule has 5 heteroatoms. The number of hydrogen-bond donors (Lipinski definition) is 2. The number of hydrogen-bond acceptors (Lipinski definition) is 4. The molecule has 0 aliphatic heterocycles. The van der Waals surface area contributed by atoms with Crippen LogP contribution in [0.5, 0.6) is 0 Å². The summed E-state index contributed by atoms with van der Waals surface area (Å²) in [5.41, 5.74) is 4.32. The van der Waals surface area contributed by atoms with Gasteiger partial charge in [-0.3, -0.25) is 4.79 Å². The lowest BCUT2D eigenvalue weighted by Crippen LogP contribution is -1.96. The van der Waals surface area contributed by atoms with Crippen molar-refractivity contribution in [3.8, 4) is 0 Å². The van der Waals surface area contributed by atoms with E-state index in [4.69, 9.17) is 5.11 Å². The van der Waals surface area contributed by atoms with E-state index < -0.39 is 5.97 Å². The lowest BCUT2D eigenvalue weighted by atomic mass is 10.1. The molecule has 2 rings (SSSR count). The van der Waals surface area contributed by atoms with Gasteiger partial charge in [0.05, 0.1) is 12.1 Å². The van der Waals surface area contributed by atoms with Gasteiger partial charge in [0.1, 0.15) is 0 Å². The molecule has 1 heterocycles. The van der Waals surface area contributed by atoms with Crippen molar-refractivity contribution in [2.24, 2.45) is 0 Å². The predicted octanol–water partition coefficient (Wildman–Crippen LogP) is 3.83. The normalized spacial score (nSPS) is 10.6. The minimum atomic E-state index is -0.776. The van der Waals surface area contributed by atoms with E-state index in [1.807, 2.05) is 13.0 Å². The SMILES string of the molecule is Cc1cccc(C)c1Nc1nc(C)c(CCC(=O)O)s1. The van der Waals surface area contributed by atoms with E-state index in [9.17, 15) is 4.79 Å². The molecular weight excluding hydrogens is 272 g/mol. The summed E-state index contributed by atoms with van der Waals surface area (Å²) < 4.78 is 0. The number of para-hydroxylation sites is 1. The van der Waals surface area contributed by atoms with E-state index in [0.717, 1.165) is 21.4 Å². The maximum Gasteiger partial charge on any atom is 0.303 e. The van der Waals surface area contributed by atoms with Crippen LogP contribution in [0.2, 0.25) is 0 Å². The molecule has 20 heavy (non-hydrogen) atoms. The van der Waals surface area contributed by atoms with Gasteiger partial charge in [-0.25, -0.2) is 4.98 Å². The summed E-state index contributed by atoms with van der Waals surface area (Å²) in [6, 6.07) is 6.14. The Labute approximate surface area is 122 Å². The first-order chi connectivity index (χ1) is 9.47. The molecule has 0 saturated carbocycles. The van der Waals surface area contributed by atoms with Crippen molar-refractivity contribution < 1.29 is 9.90 Å². The summed E-state index contributed by atoms with van der Waals surface area (Å²) in [6.45, 7) is 6.03. The number of aliphatic carboxylic acids is 1. The molecule has 0 unspecified atom stereocenters. The summed E-state index contributed by atoms with van der Waals surface area (Å²) in [6.07, 6.45) is 0.680. The molecule has 0 radical (unpaired) electrons. The fourth-order valence-electron chi connectivity index (χ4n) is 2.05. The number of carbonyl (C=O) groups is 1. The smallest absolute Gasteiger partial charge is 0.303 e. The Hall–Kier alpha value is -1.88. The summed E-state index contributed by atoms with van der Waals surface area (Å²) in [5, 5.41) is 12.9. The summed E-state index contributed by atoms with van der Waals surface area (Å²) in [5.74, 6) is -0.776. The molecule has 1 aromatic carbocycles. The Bertz CT molecular complexity index is 615. The molecule has 0 aliphatic rings. The summed E-state index contributed by atoms with van der Waals surface area (Å²) in [7, 11) is 0. The number of rotatable bonds is 5. The highest BCUT2D eigenvalue weighted by Gasteiger charge is 2.11. The van der Waals surface area contributed by atoms with Crippen LogP contribution in [0.4, 0.5) is 10.8 Å². The Morgan fingerprint density at radius 1 is 1.30 bits per heavy atom. The third-order valence-corrected chi connectivity index (χ3v) is 4.30. The van der Waals surface area contributed by atoms with E-state index in [2.05, 4.69) is 36.3 Å². The molecule has 1 aromatic heterocycles. The zero-order chi connectivity index (χ0) is 14.7. The average molecular weight is 290 g/mol. The Balaban J connectivity index is 2.18. The number of nitrogens with zero attached hydrogens (tertiary/aromatic N) is 1. The van der Waals surface area contributed by atoms with Gasteiger partial charge < -0.3 is 10.4 Å². The van der Waals surface area contributed by atoms with Gasteiger partial charge in [0.25, 0.3) is 0 Å². The zero-order valence-corrected chi connectivity index (χ0v) is 12.7. The molecular formula is C15H18N2O2S. The quantitative estimate of drug-likeness (QED) is 0.878. The lowest BCUT2D eigenvalue weighted by Gasteiger charge is -2.09. The Morgan fingerprint density at radius 2 is 1.95 bits per heavy atom. The van der Waals surface area contributed by atoms with Crippen molar-refractivity contribution in [2.45, 2.75) is 33.6 Å². The largest absolute Gasteiger partial charge is 0.481 e. The number of carboxylic acid groups (broad SMARTS) is 1. The third kappa shape index (κ3) is 3.36. The Kier molecular flexibility index (Phi) is 4.39. The monoisotopic (exact) mass is 290 g/mol. The van der Waals surface area contributed by atoms with E-state index >= 15 is 0 Å². The van der Waals surface area contributed by atoms with Crippen LogP contribution in [0.15, 0.2) is 18.2 Å². The first kappa shape index (κ1) is 14.5. The van der Waals surface area contributed by atoms with Crippen LogP contribution in [0.3, 0.4) is 0 Å². The molecule has 0 fully saturated rings. The summed E-state index contributed by atoms with van der Waals surface area (Å²) >= 11 is 1.53. The topological polar surface area (TPSA) is 62.2 Å². The fraction of sp³-hybridized carbons (Fsp3) is 0.333. The maximum absolute atomic E-state index is 10.6. The number of nitrogens with one attached hydrogen (secondary N) is 1. The van der Waals surface area contributed by atoms with Gasteiger partial charge in [-0.15, -0.1) is 11.3 Å². The van der Waals surface area contributed by atoms with E-state index in [1.54, 1.807) is 0 Å². The van der Waals surface area contributed by atoms with Crippen LogP contribution >= 0.6 is 11.3 Å². The van der Waals surface area contributed by atoms with Gasteiger partial charge in [0.2, 0.25) is 0 Å². The second-order valence-corrected chi connectivity index (χ2v) is 5.90. The fourth-order valence-corrected chi connectivity index (χ4v) is 3.02. The maximum atomic E-state index is 10.6. The first-order valence-electron chi connectivity index (χ1n) is 6.48. The van der Waals surface area contributed by atoms with Gasteiger partial charge in [-0.2, -0.15) is 0 Å². The second-order valence-electron chi connectivity index (χ2n) is 4.81. The van der Waals surface area contributed by atoms with E-state index in [0.29, 0.717) is 6.42 Å². The molecule has 0 amide bonds. The number of anilines is 2. The van der Waals surface area contributed by atoms with Crippen molar-refractivity contribution in [1.82, 2.24) is 4.98 Å². The van der Waals surface area contributed by atoms with Crippen molar-refractivity contribution in [3.63, 3.8) is 0 Å². The van der Waals surface area contributed by atoms with Crippen LogP contribution in [0, 0.1) is 20.8 Å². The number of carboxylic acids is 1. The molecule has 2 N–H and O–H groups in total. The number of thiazole rings is 1. The number of aryl methyl sites for hydroxylation is 4. The van der Waals surface area contributed by atoms with Gasteiger partial charge in [0, 0.05) is 10.6 Å². The molecule has 0 saturated heterocycles. The molecule has 0 aliphatic carbocycles. The van der Waals surface area contributed by atoms with Crippen LogP contribution in [-0.2, 0) is 11.2 Å². The molecule has 2 aromatic rings. The average Bonchev–Trinajstić information content (AvgIpc) is 2.72. The molecule has 4 nitrogen and oxygen atoms in total. The molecule has 0 spiro atoms. The highest BCUT2D eigenvalue weighted by Crippen LogP contribution is 2.29. The Morgan fingerprint density at radius 3 is 2.55 bits per heavy atom. The molecule has 0 atom stereocenters. The number of benzene rings is 1. The second kappa shape index (κ2) is 6.05. The standard InChI is InChI=1S/C15H18N2O2S/c1-9-5-4-6-10(2)14(9)17-15-16-11(3)12(20-15)7-8-13(18)19/h4-6H,7-8H2,1-3H3,(H,16,17)(H,18,19).